The molecule has 0 amide bonds. The van der Waals surface area contributed by atoms with Crippen LogP contribution in [0.5, 0.6) is 0 Å². The number of hydrogen-bond acceptors (Lipinski definition) is 4. The minimum absolute atomic E-state index is 0.522. The van der Waals surface area contributed by atoms with Gasteiger partial charge in [-0.15, -0.1) is 10.2 Å². The fourth-order valence-corrected chi connectivity index (χ4v) is 3.00. The number of nitrogens with zero attached hydrogens (tertiary/aromatic N) is 4. The summed E-state index contributed by atoms with van der Waals surface area (Å²) >= 11 is 0. The predicted molar refractivity (Wildman–Crippen MR) is 64.6 cm³/mol. The summed E-state index contributed by atoms with van der Waals surface area (Å²) in [6.45, 7) is 3.14. The van der Waals surface area contributed by atoms with E-state index in [1.54, 1.807) is 0 Å². The smallest absolute Gasteiger partial charge is 0.177 e. The van der Waals surface area contributed by atoms with Crippen molar-refractivity contribution in [1.29, 1.82) is 0 Å². The van der Waals surface area contributed by atoms with E-state index in [-0.39, 0.29) is 0 Å². The normalized spacial score (nSPS) is 23.3. The van der Waals surface area contributed by atoms with E-state index in [2.05, 4.69) is 20.7 Å². The van der Waals surface area contributed by atoms with Gasteiger partial charge in [0, 0.05) is 5.92 Å². The molecule has 0 unspecified atom stereocenters. The molecule has 2 aliphatic rings. The van der Waals surface area contributed by atoms with Crippen LogP contribution in [0.3, 0.4) is 0 Å². The zero-order valence-corrected chi connectivity index (χ0v) is 10.3. The third-order valence-electron chi connectivity index (χ3n) is 4.07. The molecule has 2 fully saturated rings. The number of nitrogens with one attached hydrogen (secondary N) is 1. The number of piperidine rings is 1. The second kappa shape index (κ2) is 5.12. The second-order valence-corrected chi connectivity index (χ2v) is 5.38. The van der Waals surface area contributed by atoms with Gasteiger partial charge in [0.2, 0.25) is 0 Å². The Morgan fingerprint density at radius 2 is 1.88 bits per heavy atom. The molecule has 1 aromatic heterocycles. The molecule has 1 N–H and O–H groups in total. The maximum absolute atomic E-state index is 4.56. The molecule has 0 aromatic carbocycles. The molecule has 1 saturated carbocycles. The summed E-state index contributed by atoms with van der Waals surface area (Å²) in [5.41, 5.74) is 0. The summed E-state index contributed by atoms with van der Waals surface area (Å²) < 4.78 is 0. The van der Waals surface area contributed by atoms with E-state index in [0.29, 0.717) is 5.92 Å². The Morgan fingerprint density at radius 1 is 1.12 bits per heavy atom. The Balaban J connectivity index is 1.60. The van der Waals surface area contributed by atoms with Crippen LogP contribution in [-0.2, 0) is 6.54 Å². The fourth-order valence-electron chi connectivity index (χ4n) is 3.00. The van der Waals surface area contributed by atoms with Gasteiger partial charge in [0.05, 0.1) is 6.54 Å². The van der Waals surface area contributed by atoms with Gasteiger partial charge in [-0.3, -0.25) is 0 Å². The molecular weight excluding hydrogens is 214 g/mol. The molecule has 3 rings (SSSR count). The van der Waals surface area contributed by atoms with Crippen molar-refractivity contribution in [3.8, 4) is 0 Å². The van der Waals surface area contributed by atoms with Gasteiger partial charge in [-0.2, -0.15) is 4.80 Å². The molecular formula is C12H21N5. The van der Waals surface area contributed by atoms with Gasteiger partial charge in [0.15, 0.2) is 5.82 Å². The number of hydrogen-bond donors (Lipinski definition) is 1. The van der Waals surface area contributed by atoms with Crippen molar-refractivity contribution in [3.63, 3.8) is 0 Å². The zero-order valence-electron chi connectivity index (χ0n) is 10.3. The van der Waals surface area contributed by atoms with E-state index in [0.717, 1.165) is 44.2 Å². The third kappa shape index (κ3) is 2.65. The lowest BCUT2D eigenvalue weighted by Gasteiger charge is -2.19. The monoisotopic (exact) mass is 235 g/mol. The van der Waals surface area contributed by atoms with Crippen molar-refractivity contribution in [2.24, 2.45) is 5.92 Å². The quantitative estimate of drug-likeness (QED) is 0.858. The molecule has 5 nitrogen and oxygen atoms in total. The van der Waals surface area contributed by atoms with Crippen LogP contribution in [0.4, 0.5) is 0 Å². The maximum Gasteiger partial charge on any atom is 0.177 e. The first-order chi connectivity index (χ1) is 8.42. The molecule has 0 atom stereocenters. The van der Waals surface area contributed by atoms with Crippen LogP contribution in [0, 0.1) is 5.92 Å². The highest BCUT2D eigenvalue weighted by Crippen LogP contribution is 2.26. The molecule has 1 aliphatic heterocycles. The highest BCUT2D eigenvalue weighted by molar-refractivity contribution is 4.93. The Hall–Kier alpha value is -0.970. The van der Waals surface area contributed by atoms with E-state index < -0.39 is 0 Å². The molecule has 1 aromatic rings. The van der Waals surface area contributed by atoms with Crippen molar-refractivity contribution in [1.82, 2.24) is 25.5 Å². The Morgan fingerprint density at radius 3 is 2.65 bits per heavy atom. The minimum atomic E-state index is 0.522. The van der Waals surface area contributed by atoms with Gasteiger partial charge in [-0.25, -0.2) is 0 Å². The van der Waals surface area contributed by atoms with Gasteiger partial charge < -0.3 is 5.32 Å². The van der Waals surface area contributed by atoms with E-state index in [1.807, 2.05) is 4.80 Å². The van der Waals surface area contributed by atoms with Gasteiger partial charge >= 0.3 is 0 Å². The fraction of sp³-hybridized carbons (Fsp3) is 0.917. The van der Waals surface area contributed by atoms with Gasteiger partial charge in [-0.05, 0) is 49.9 Å². The van der Waals surface area contributed by atoms with E-state index >= 15 is 0 Å². The van der Waals surface area contributed by atoms with Crippen molar-refractivity contribution < 1.29 is 0 Å². The van der Waals surface area contributed by atoms with Crippen LogP contribution in [0.15, 0.2) is 0 Å². The lowest BCUT2D eigenvalue weighted by atomic mass is 9.98. The minimum Gasteiger partial charge on any atom is -0.317 e. The van der Waals surface area contributed by atoms with E-state index in [4.69, 9.17) is 0 Å². The van der Waals surface area contributed by atoms with E-state index in [1.165, 1.54) is 25.7 Å². The van der Waals surface area contributed by atoms with Crippen LogP contribution < -0.4 is 5.32 Å². The number of tetrazole rings is 1. The van der Waals surface area contributed by atoms with Gasteiger partial charge in [0.25, 0.3) is 0 Å². The molecule has 1 saturated heterocycles. The predicted octanol–water partition coefficient (Wildman–Crippen LogP) is 1.33. The highest BCUT2D eigenvalue weighted by atomic mass is 15.6. The molecule has 94 valence electrons. The molecule has 0 bridgehead atoms. The molecule has 0 radical (unpaired) electrons. The van der Waals surface area contributed by atoms with Crippen LogP contribution in [0.1, 0.15) is 50.3 Å². The van der Waals surface area contributed by atoms with Gasteiger partial charge in [-0.1, -0.05) is 12.8 Å². The topological polar surface area (TPSA) is 55.6 Å². The second-order valence-electron chi connectivity index (χ2n) is 5.38. The molecule has 2 heterocycles. The summed E-state index contributed by atoms with van der Waals surface area (Å²) in [5.74, 6) is 2.27. The van der Waals surface area contributed by atoms with Crippen molar-refractivity contribution in [2.45, 2.75) is 51.0 Å². The van der Waals surface area contributed by atoms with Crippen molar-refractivity contribution in [2.75, 3.05) is 13.1 Å². The average molecular weight is 235 g/mol. The van der Waals surface area contributed by atoms with Crippen LogP contribution in [0.2, 0.25) is 0 Å². The highest BCUT2D eigenvalue weighted by Gasteiger charge is 2.21. The Labute approximate surface area is 102 Å². The number of aromatic nitrogens is 4. The summed E-state index contributed by atoms with van der Waals surface area (Å²) in [6.07, 6.45) is 7.72. The third-order valence-corrected chi connectivity index (χ3v) is 4.07. The molecule has 17 heavy (non-hydrogen) atoms. The first-order valence-electron chi connectivity index (χ1n) is 6.90. The van der Waals surface area contributed by atoms with Crippen LogP contribution in [-0.4, -0.2) is 33.3 Å². The number of rotatable bonds is 3. The SMILES string of the molecule is C1CCC(Cn2nnc(C3CCNCC3)n2)C1. The lowest BCUT2D eigenvalue weighted by Crippen LogP contribution is -2.27. The summed E-state index contributed by atoms with van der Waals surface area (Å²) in [5, 5.41) is 16.4. The molecule has 5 heteroatoms. The van der Waals surface area contributed by atoms with Crippen molar-refractivity contribution in [3.05, 3.63) is 5.82 Å². The Bertz CT molecular complexity index is 350. The Kier molecular flexibility index (Phi) is 3.36. The van der Waals surface area contributed by atoms with Gasteiger partial charge in [0.1, 0.15) is 0 Å². The first-order valence-corrected chi connectivity index (χ1v) is 6.90. The summed E-state index contributed by atoms with van der Waals surface area (Å²) in [4.78, 5) is 1.83. The van der Waals surface area contributed by atoms with Crippen LogP contribution in [0.25, 0.3) is 0 Å². The average Bonchev–Trinajstić information content (AvgIpc) is 3.02. The zero-order chi connectivity index (χ0) is 11.5. The summed E-state index contributed by atoms with van der Waals surface area (Å²) in [6, 6.07) is 0. The van der Waals surface area contributed by atoms with Crippen molar-refractivity contribution >= 4 is 0 Å². The largest absolute Gasteiger partial charge is 0.317 e. The van der Waals surface area contributed by atoms with Crippen LogP contribution >= 0.6 is 0 Å². The lowest BCUT2D eigenvalue weighted by molar-refractivity contribution is 0.384. The molecule has 1 aliphatic carbocycles. The standard InChI is InChI=1S/C12H21N5/c1-2-4-10(3-1)9-17-15-12(14-16-17)11-5-7-13-8-6-11/h10-11,13H,1-9H2. The maximum atomic E-state index is 4.56. The summed E-state index contributed by atoms with van der Waals surface area (Å²) in [7, 11) is 0. The van der Waals surface area contributed by atoms with E-state index in [9.17, 15) is 0 Å². The molecule has 0 spiro atoms. The first kappa shape index (κ1) is 11.1.